The zero-order valence-corrected chi connectivity index (χ0v) is 40.1. The molecule has 0 amide bonds. The van der Waals surface area contributed by atoms with E-state index in [1.807, 2.05) is 121 Å². The van der Waals surface area contributed by atoms with Crippen LogP contribution in [0.2, 0.25) is 0 Å². The third-order valence-corrected chi connectivity index (χ3v) is 14.2. The normalized spacial score (nSPS) is 11.7. The van der Waals surface area contributed by atoms with Crippen molar-refractivity contribution in [2.45, 2.75) is 0 Å². The number of fused-ring (bicyclic) bond motifs is 10. The van der Waals surface area contributed by atoms with Crippen molar-refractivity contribution in [1.82, 2.24) is 39.0 Å². The van der Waals surface area contributed by atoms with Crippen LogP contribution in [0.15, 0.2) is 247 Å². The number of nitrogens with zero attached hydrogens (tertiary/aromatic N) is 8. The van der Waals surface area contributed by atoms with Gasteiger partial charge in [-0.05, 0) is 66.7 Å². The lowest BCUT2D eigenvalue weighted by Gasteiger charge is -2.16. The fraction of sp³-hybridized carbons (Fsp3) is 0. The van der Waals surface area contributed by atoms with Gasteiger partial charge >= 0.3 is 0 Å². The predicted molar refractivity (Wildman–Crippen MR) is 302 cm³/mol. The Labute approximate surface area is 429 Å². The number of hydrogen-bond acceptors (Lipinski definition) is 7. The van der Waals surface area contributed by atoms with E-state index in [1.165, 1.54) is 10.8 Å². The number of aromatic nitrogens is 8. The molecule has 0 aliphatic heterocycles. The topological polar surface area (TPSA) is 100 Å². The number of hydrogen-bond donors (Lipinski definition) is 0. The molecule has 0 N–H and O–H groups in total. The quantitative estimate of drug-likeness (QED) is 0.149. The van der Waals surface area contributed by atoms with Crippen molar-refractivity contribution in [3.05, 3.63) is 243 Å². The first-order valence-corrected chi connectivity index (χ1v) is 25.0. The summed E-state index contributed by atoms with van der Waals surface area (Å²) in [5.41, 5.74) is 12.7. The maximum atomic E-state index is 6.58. The van der Waals surface area contributed by atoms with Crippen LogP contribution in [-0.2, 0) is 0 Å². The number of rotatable bonds is 8. The van der Waals surface area contributed by atoms with Gasteiger partial charge in [-0.3, -0.25) is 0 Å². The van der Waals surface area contributed by atoms with Crippen molar-refractivity contribution in [2.24, 2.45) is 0 Å². The molecule has 0 saturated heterocycles. The Morgan fingerprint density at radius 3 is 1.31 bits per heavy atom. The standard InChI is InChI=1S/C66H40N8O/c1-5-20-41(21-6-1)61-67-62(42-22-7-2-8-23-42)71-66(70-61)51-40-44(64-68-63(43-24-9-3-10-25-43)69-65(72-64)50-32-19-31-47-46-28-15-18-35-57(46)75-60(47)50)36-37-54(51)74-53-34-17-14-30-49(53)59-56(74)39-38-55-58(59)48-29-13-16-33-52(48)73(55)45-26-11-4-12-27-45/h1-40H. The van der Waals surface area contributed by atoms with Crippen LogP contribution in [-0.4, -0.2) is 39.0 Å². The van der Waals surface area contributed by atoms with Crippen molar-refractivity contribution in [2.75, 3.05) is 0 Å². The number of furan rings is 1. The van der Waals surface area contributed by atoms with Crippen LogP contribution < -0.4 is 0 Å². The summed E-state index contributed by atoms with van der Waals surface area (Å²) in [6.07, 6.45) is 0. The van der Waals surface area contributed by atoms with Gasteiger partial charge < -0.3 is 13.6 Å². The van der Waals surface area contributed by atoms with E-state index in [9.17, 15) is 0 Å². The van der Waals surface area contributed by atoms with Gasteiger partial charge in [0, 0.05) is 65.8 Å². The zero-order chi connectivity index (χ0) is 49.4. The summed E-state index contributed by atoms with van der Waals surface area (Å²) in [7, 11) is 0. The monoisotopic (exact) mass is 960 g/mol. The molecule has 0 unspecified atom stereocenters. The lowest BCUT2D eigenvalue weighted by molar-refractivity contribution is 0.669. The maximum absolute atomic E-state index is 6.58. The van der Waals surface area contributed by atoms with Crippen molar-refractivity contribution < 1.29 is 4.42 Å². The molecule has 0 atom stereocenters. The summed E-state index contributed by atoms with van der Waals surface area (Å²) in [4.78, 5) is 31.6. The van der Waals surface area contributed by atoms with E-state index in [0.29, 0.717) is 40.5 Å². The van der Waals surface area contributed by atoms with Crippen LogP contribution in [0.5, 0.6) is 0 Å². The molecule has 15 aromatic rings. The molecule has 5 heterocycles. The van der Waals surface area contributed by atoms with Crippen LogP contribution in [0.3, 0.4) is 0 Å². The van der Waals surface area contributed by atoms with E-state index >= 15 is 0 Å². The molecule has 350 valence electrons. The molecule has 75 heavy (non-hydrogen) atoms. The van der Waals surface area contributed by atoms with Gasteiger partial charge in [-0.2, -0.15) is 0 Å². The largest absolute Gasteiger partial charge is 0.455 e. The molecule has 0 fully saturated rings. The third-order valence-electron chi connectivity index (χ3n) is 14.2. The number of benzene rings is 10. The van der Waals surface area contributed by atoms with Crippen LogP contribution in [0.25, 0.3) is 145 Å². The van der Waals surface area contributed by atoms with Gasteiger partial charge in [0.1, 0.15) is 11.2 Å². The Kier molecular flexibility index (Phi) is 9.67. The second-order valence-electron chi connectivity index (χ2n) is 18.6. The van der Waals surface area contributed by atoms with E-state index in [2.05, 4.69) is 130 Å². The van der Waals surface area contributed by atoms with Crippen molar-refractivity contribution >= 4 is 65.6 Å². The Balaban J connectivity index is 1.03. The van der Waals surface area contributed by atoms with Crippen LogP contribution in [0.4, 0.5) is 0 Å². The first-order chi connectivity index (χ1) is 37.2. The predicted octanol–water partition coefficient (Wildman–Crippen LogP) is 16.2. The first kappa shape index (κ1) is 42.3. The van der Waals surface area contributed by atoms with Gasteiger partial charge in [-0.15, -0.1) is 0 Å². The summed E-state index contributed by atoms with van der Waals surface area (Å²) in [5, 5.41) is 6.67. The average molecular weight is 961 g/mol. The van der Waals surface area contributed by atoms with Gasteiger partial charge in [0.05, 0.1) is 33.3 Å². The molecule has 9 nitrogen and oxygen atoms in total. The molecule has 15 rings (SSSR count). The van der Waals surface area contributed by atoms with Crippen molar-refractivity contribution in [3.63, 3.8) is 0 Å². The highest BCUT2D eigenvalue weighted by atomic mass is 16.3. The lowest BCUT2D eigenvalue weighted by atomic mass is 10.0. The van der Waals surface area contributed by atoms with E-state index in [1.54, 1.807) is 0 Å². The second-order valence-corrected chi connectivity index (χ2v) is 18.6. The van der Waals surface area contributed by atoms with Gasteiger partial charge in [0.2, 0.25) is 0 Å². The minimum atomic E-state index is 0.484. The molecule has 5 aromatic heterocycles. The highest BCUT2D eigenvalue weighted by molar-refractivity contribution is 6.29. The van der Waals surface area contributed by atoms with E-state index < -0.39 is 0 Å². The molecule has 0 aliphatic rings. The molecule has 0 saturated carbocycles. The SMILES string of the molecule is c1ccc(-c2nc(-c3ccccc3)nc(-c3cc(-c4nc(-c5ccccc5)nc(-c5cccc6c5oc5ccccc56)n4)ccc3-n3c4ccccc4c4c5c6ccccc6n(-c6ccccc6)c5ccc43)n2)cc1. The van der Waals surface area contributed by atoms with E-state index in [-0.39, 0.29) is 0 Å². The van der Waals surface area contributed by atoms with Gasteiger partial charge in [0.15, 0.2) is 34.9 Å². The van der Waals surface area contributed by atoms with Crippen molar-refractivity contribution in [3.8, 4) is 79.7 Å². The third kappa shape index (κ3) is 6.94. The Bertz CT molecular complexity index is 4640. The zero-order valence-electron chi connectivity index (χ0n) is 40.1. The summed E-state index contributed by atoms with van der Waals surface area (Å²) in [6.45, 7) is 0. The fourth-order valence-electron chi connectivity index (χ4n) is 10.9. The van der Waals surface area contributed by atoms with Crippen LogP contribution in [0.1, 0.15) is 0 Å². The smallest absolute Gasteiger partial charge is 0.167 e. The van der Waals surface area contributed by atoms with Gasteiger partial charge in [0.25, 0.3) is 0 Å². The highest BCUT2D eigenvalue weighted by Crippen LogP contribution is 2.44. The number of para-hydroxylation sites is 5. The molecular weight excluding hydrogens is 921 g/mol. The second kappa shape index (κ2) is 17.1. The van der Waals surface area contributed by atoms with Crippen LogP contribution in [0, 0.1) is 0 Å². The maximum Gasteiger partial charge on any atom is 0.167 e. The van der Waals surface area contributed by atoms with Crippen LogP contribution >= 0.6 is 0 Å². The highest BCUT2D eigenvalue weighted by Gasteiger charge is 2.25. The Morgan fingerprint density at radius 1 is 0.280 bits per heavy atom. The molecule has 9 heteroatoms. The first-order valence-electron chi connectivity index (χ1n) is 25.0. The molecular formula is C66H40N8O. The minimum Gasteiger partial charge on any atom is -0.455 e. The molecule has 0 aliphatic carbocycles. The summed E-state index contributed by atoms with van der Waals surface area (Å²) in [5.74, 6) is 3.12. The molecule has 0 spiro atoms. The molecule has 10 aromatic carbocycles. The molecule has 0 radical (unpaired) electrons. The van der Waals surface area contributed by atoms with Gasteiger partial charge in [-0.25, -0.2) is 29.9 Å². The summed E-state index contributed by atoms with van der Waals surface area (Å²) < 4.78 is 11.3. The van der Waals surface area contributed by atoms with Gasteiger partial charge in [-0.1, -0.05) is 176 Å². The Morgan fingerprint density at radius 2 is 0.720 bits per heavy atom. The van der Waals surface area contributed by atoms with E-state index in [0.717, 1.165) is 94.0 Å². The summed E-state index contributed by atoms with van der Waals surface area (Å²) in [6, 6.07) is 83.4. The van der Waals surface area contributed by atoms with Crippen molar-refractivity contribution in [1.29, 1.82) is 0 Å². The minimum absolute atomic E-state index is 0.484. The molecule has 0 bridgehead atoms. The Hall–Kier alpha value is -10.4. The average Bonchev–Trinajstić information content (AvgIpc) is 4.25. The van der Waals surface area contributed by atoms with E-state index in [4.69, 9.17) is 34.3 Å². The lowest BCUT2D eigenvalue weighted by Crippen LogP contribution is -2.05. The summed E-state index contributed by atoms with van der Waals surface area (Å²) >= 11 is 0. The fourth-order valence-corrected chi connectivity index (χ4v) is 10.9.